The molecule has 0 radical (unpaired) electrons. The highest BCUT2D eigenvalue weighted by molar-refractivity contribution is 7.98. The minimum Gasteiger partial charge on any atom is -0.480 e. The predicted octanol–water partition coefficient (Wildman–Crippen LogP) is 0.870. The molecule has 3 atom stereocenters. The normalized spacial score (nSPS) is 18.7. The molecular weight excluding hydrogens is 366 g/mol. The number of rotatable bonds is 9. The fourth-order valence-corrected chi connectivity index (χ4v) is 3.69. The van der Waals surface area contributed by atoms with Gasteiger partial charge in [-0.05, 0) is 43.3 Å². The molecule has 27 heavy (non-hydrogen) atoms. The van der Waals surface area contributed by atoms with Crippen molar-refractivity contribution in [2.45, 2.75) is 43.8 Å². The third-order valence-corrected chi connectivity index (χ3v) is 5.33. The van der Waals surface area contributed by atoms with E-state index in [1.165, 1.54) is 4.90 Å². The zero-order valence-electron chi connectivity index (χ0n) is 15.5. The summed E-state index contributed by atoms with van der Waals surface area (Å²) in [6.45, 7) is 0.400. The maximum atomic E-state index is 12.9. The summed E-state index contributed by atoms with van der Waals surface area (Å²) in [5, 5.41) is 12.1. The van der Waals surface area contributed by atoms with Gasteiger partial charge in [0.15, 0.2) is 0 Å². The quantitative estimate of drug-likeness (QED) is 0.574. The van der Waals surface area contributed by atoms with Gasteiger partial charge in [-0.1, -0.05) is 30.3 Å². The first-order valence-electron chi connectivity index (χ1n) is 9.06. The Kier molecular flexibility index (Phi) is 8.12. The zero-order chi connectivity index (χ0) is 19.8. The van der Waals surface area contributed by atoms with Gasteiger partial charge in [-0.15, -0.1) is 0 Å². The van der Waals surface area contributed by atoms with E-state index in [1.807, 2.05) is 36.6 Å². The fraction of sp³-hybridized carbons (Fsp3) is 0.526. The third kappa shape index (κ3) is 5.97. The lowest BCUT2D eigenvalue weighted by molar-refractivity contribution is -0.149. The van der Waals surface area contributed by atoms with Gasteiger partial charge >= 0.3 is 5.97 Å². The maximum absolute atomic E-state index is 12.9. The van der Waals surface area contributed by atoms with E-state index in [4.69, 9.17) is 5.73 Å². The van der Waals surface area contributed by atoms with E-state index < -0.39 is 30.0 Å². The summed E-state index contributed by atoms with van der Waals surface area (Å²) in [6.07, 6.45) is 3.82. The topological polar surface area (TPSA) is 113 Å². The number of hydrogen-bond acceptors (Lipinski definition) is 5. The minimum absolute atomic E-state index is 0.339. The van der Waals surface area contributed by atoms with E-state index in [9.17, 15) is 19.5 Å². The highest BCUT2D eigenvalue weighted by atomic mass is 32.2. The molecule has 0 aliphatic carbocycles. The van der Waals surface area contributed by atoms with E-state index in [-0.39, 0.29) is 5.91 Å². The number of carbonyl (C=O) groups is 3. The summed E-state index contributed by atoms with van der Waals surface area (Å²) in [7, 11) is 0. The van der Waals surface area contributed by atoms with Crippen LogP contribution in [0.25, 0.3) is 0 Å². The summed E-state index contributed by atoms with van der Waals surface area (Å²) < 4.78 is 0. The van der Waals surface area contributed by atoms with Crippen molar-refractivity contribution in [3.05, 3.63) is 35.9 Å². The average Bonchev–Trinajstić information content (AvgIpc) is 3.15. The summed E-state index contributed by atoms with van der Waals surface area (Å²) in [4.78, 5) is 38.2. The number of nitrogens with zero attached hydrogens (tertiary/aromatic N) is 1. The first kappa shape index (κ1) is 21.2. The molecule has 8 heteroatoms. The molecule has 0 aromatic heterocycles. The molecule has 3 unspecified atom stereocenters. The van der Waals surface area contributed by atoms with Crippen molar-refractivity contribution < 1.29 is 19.5 Å². The summed E-state index contributed by atoms with van der Waals surface area (Å²) in [5.74, 6) is -1.06. The first-order chi connectivity index (χ1) is 12.9. The van der Waals surface area contributed by atoms with Crippen molar-refractivity contribution in [3.63, 3.8) is 0 Å². The molecule has 0 saturated carbocycles. The molecule has 1 aliphatic heterocycles. The monoisotopic (exact) mass is 393 g/mol. The van der Waals surface area contributed by atoms with E-state index in [2.05, 4.69) is 5.32 Å². The number of likely N-dealkylation sites (tertiary alicyclic amines) is 1. The minimum atomic E-state index is -1.00. The van der Waals surface area contributed by atoms with Crippen molar-refractivity contribution in [3.8, 4) is 0 Å². The Morgan fingerprint density at radius 1 is 1.33 bits per heavy atom. The summed E-state index contributed by atoms with van der Waals surface area (Å²) >= 11 is 1.57. The molecule has 1 fully saturated rings. The molecule has 1 aromatic carbocycles. The number of nitrogens with two attached hydrogens (primary N) is 1. The van der Waals surface area contributed by atoms with Crippen LogP contribution in [-0.2, 0) is 20.8 Å². The Morgan fingerprint density at radius 2 is 2.04 bits per heavy atom. The van der Waals surface area contributed by atoms with Crippen molar-refractivity contribution >= 4 is 29.5 Å². The maximum Gasteiger partial charge on any atom is 0.326 e. The number of nitrogens with one attached hydrogen (secondary N) is 1. The van der Waals surface area contributed by atoms with Crippen LogP contribution >= 0.6 is 11.8 Å². The van der Waals surface area contributed by atoms with Gasteiger partial charge < -0.3 is 21.1 Å². The van der Waals surface area contributed by atoms with E-state index in [0.29, 0.717) is 38.0 Å². The van der Waals surface area contributed by atoms with Gasteiger partial charge in [0.05, 0.1) is 6.04 Å². The number of benzene rings is 1. The summed E-state index contributed by atoms with van der Waals surface area (Å²) in [6, 6.07) is 7.09. The van der Waals surface area contributed by atoms with Crippen LogP contribution in [0, 0.1) is 0 Å². The van der Waals surface area contributed by atoms with Gasteiger partial charge in [0.25, 0.3) is 0 Å². The molecular formula is C19H27N3O4S. The number of carboxylic acids is 1. The number of carboxylic acid groups (broad SMARTS) is 1. The van der Waals surface area contributed by atoms with E-state index in [1.54, 1.807) is 11.8 Å². The van der Waals surface area contributed by atoms with Crippen LogP contribution < -0.4 is 11.1 Å². The largest absolute Gasteiger partial charge is 0.480 e. The van der Waals surface area contributed by atoms with Gasteiger partial charge in [0, 0.05) is 6.54 Å². The molecule has 0 bridgehead atoms. The zero-order valence-corrected chi connectivity index (χ0v) is 16.3. The molecule has 1 saturated heterocycles. The molecule has 2 rings (SSSR count). The average molecular weight is 394 g/mol. The molecule has 0 spiro atoms. The third-order valence-electron chi connectivity index (χ3n) is 4.68. The Morgan fingerprint density at radius 3 is 2.67 bits per heavy atom. The van der Waals surface area contributed by atoms with Crippen LogP contribution in [0.5, 0.6) is 0 Å². The Labute approximate surface area is 163 Å². The van der Waals surface area contributed by atoms with Crippen molar-refractivity contribution in [1.29, 1.82) is 0 Å². The van der Waals surface area contributed by atoms with Crippen molar-refractivity contribution in [2.75, 3.05) is 18.6 Å². The second kappa shape index (κ2) is 10.3. The molecule has 7 nitrogen and oxygen atoms in total. The van der Waals surface area contributed by atoms with Gasteiger partial charge in [-0.25, -0.2) is 4.79 Å². The second-order valence-electron chi connectivity index (χ2n) is 6.67. The molecule has 2 amide bonds. The first-order valence-corrected chi connectivity index (χ1v) is 10.5. The lowest BCUT2D eigenvalue weighted by Crippen LogP contribution is -2.55. The standard InChI is InChI=1S/C19H27N3O4S/c1-27-11-9-15(18(24)22-10-5-8-16(22)19(25)26)21-17(23)14(20)12-13-6-3-2-4-7-13/h2-4,6-7,14-16H,5,8-12,20H2,1H3,(H,21,23)(H,25,26). The molecule has 1 heterocycles. The lowest BCUT2D eigenvalue weighted by Gasteiger charge is -2.28. The number of thioether (sulfide) groups is 1. The Balaban J connectivity index is 2.03. The van der Waals surface area contributed by atoms with Crippen LogP contribution in [0.3, 0.4) is 0 Å². The van der Waals surface area contributed by atoms with E-state index >= 15 is 0 Å². The van der Waals surface area contributed by atoms with Crippen molar-refractivity contribution in [1.82, 2.24) is 10.2 Å². The number of amides is 2. The highest BCUT2D eigenvalue weighted by Crippen LogP contribution is 2.19. The molecule has 1 aliphatic rings. The second-order valence-corrected chi connectivity index (χ2v) is 7.65. The fourth-order valence-electron chi connectivity index (χ4n) is 3.22. The van der Waals surface area contributed by atoms with Crippen LogP contribution in [-0.4, -0.2) is 64.5 Å². The Hall–Kier alpha value is -2.06. The van der Waals surface area contributed by atoms with Gasteiger partial charge in [0.1, 0.15) is 12.1 Å². The van der Waals surface area contributed by atoms with Crippen LogP contribution in [0.2, 0.25) is 0 Å². The Bertz CT molecular complexity index is 656. The SMILES string of the molecule is CSCCC(NC(=O)C(N)Cc1ccccc1)C(=O)N1CCCC1C(=O)O. The lowest BCUT2D eigenvalue weighted by atomic mass is 10.1. The van der Waals surface area contributed by atoms with Crippen LogP contribution in [0.1, 0.15) is 24.8 Å². The number of carbonyl (C=O) groups excluding carboxylic acids is 2. The molecule has 1 aromatic rings. The molecule has 4 N–H and O–H groups in total. The van der Waals surface area contributed by atoms with Gasteiger partial charge in [-0.3, -0.25) is 9.59 Å². The number of hydrogen-bond donors (Lipinski definition) is 3. The highest BCUT2D eigenvalue weighted by Gasteiger charge is 2.37. The molecule has 148 valence electrons. The smallest absolute Gasteiger partial charge is 0.326 e. The van der Waals surface area contributed by atoms with Gasteiger partial charge in [-0.2, -0.15) is 11.8 Å². The van der Waals surface area contributed by atoms with Crippen LogP contribution in [0.15, 0.2) is 30.3 Å². The number of aliphatic carboxylic acids is 1. The van der Waals surface area contributed by atoms with Crippen LogP contribution in [0.4, 0.5) is 0 Å². The summed E-state index contributed by atoms with van der Waals surface area (Å²) in [5.41, 5.74) is 6.96. The van der Waals surface area contributed by atoms with E-state index in [0.717, 1.165) is 5.56 Å². The predicted molar refractivity (Wildman–Crippen MR) is 105 cm³/mol. The van der Waals surface area contributed by atoms with Crippen molar-refractivity contribution in [2.24, 2.45) is 5.73 Å². The van der Waals surface area contributed by atoms with Gasteiger partial charge in [0.2, 0.25) is 11.8 Å².